The van der Waals surface area contributed by atoms with E-state index in [1.54, 1.807) is 4.52 Å². The first-order valence-corrected chi connectivity index (χ1v) is 3.91. The molecule has 0 spiro atoms. The maximum Gasteiger partial charge on any atom is 0.177 e. The van der Waals surface area contributed by atoms with Gasteiger partial charge in [-0.3, -0.25) is 0 Å². The molecule has 2 rings (SSSR count). The van der Waals surface area contributed by atoms with E-state index in [1.165, 1.54) is 0 Å². The number of hydrogen-bond acceptors (Lipinski definition) is 3. The fourth-order valence-electron chi connectivity index (χ4n) is 0.874. The van der Waals surface area contributed by atoms with Crippen molar-refractivity contribution in [2.45, 2.75) is 6.92 Å². The van der Waals surface area contributed by atoms with E-state index >= 15 is 0 Å². The summed E-state index contributed by atoms with van der Waals surface area (Å²) in [5, 5.41) is 11.9. The molecule has 0 aliphatic heterocycles. The zero-order valence-corrected chi connectivity index (χ0v) is 7.41. The van der Waals surface area contributed by atoms with Crippen molar-refractivity contribution < 1.29 is 0 Å². The maximum absolute atomic E-state index is 4.14. The fourth-order valence-corrected chi connectivity index (χ4v) is 1.16. The molecule has 0 radical (unpaired) electrons. The van der Waals surface area contributed by atoms with E-state index in [0.29, 0.717) is 0 Å². The molecule has 0 fully saturated rings. The van der Waals surface area contributed by atoms with Crippen molar-refractivity contribution in [3.63, 3.8) is 0 Å². The molecule has 5 heteroatoms. The fraction of sp³-hybridized carbons (Fsp3) is 0.167. The summed E-state index contributed by atoms with van der Waals surface area (Å²) in [6, 6.07) is 3.69. The minimum atomic E-state index is 0.769. The van der Waals surface area contributed by atoms with Gasteiger partial charge in [0.1, 0.15) is 4.60 Å². The summed E-state index contributed by atoms with van der Waals surface area (Å²) >= 11 is 3.26. The Bertz CT molecular complexity index is 394. The van der Waals surface area contributed by atoms with Crippen molar-refractivity contribution in [1.82, 2.24) is 19.8 Å². The van der Waals surface area contributed by atoms with Gasteiger partial charge in [-0.1, -0.05) is 0 Å². The highest BCUT2D eigenvalue weighted by atomic mass is 79.9. The van der Waals surface area contributed by atoms with Crippen molar-refractivity contribution >= 4 is 21.6 Å². The zero-order valence-electron chi connectivity index (χ0n) is 5.82. The third-order valence-corrected chi connectivity index (χ3v) is 1.81. The Labute approximate surface area is 71.4 Å². The van der Waals surface area contributed by atoms with E-state index < -0.39 is 0 Å². The summed E-state index contributed by atoms with van der Waals surface area (Å²) in [7, 11) is 0. The van der Waals surface area contributed by atoms with Crippen LogP contribution in [0, 0.1) is 6.92 Å². The molecule has 0 aromatic carbocycles. The first-order chi connectivity index (χ1) is 5.27. The van der Waals surface area contributed by atoms with E-state index in [-0.39, 0.29) is 0 Å². The minimum absolute atomic E-state index is 0.769. The van der Waals surface area contributed by atoms with Crippen LogP contribution in [0.2, 0.25) is 0 Å². The van der Waals surface area contributed by atoms with E-state index in [1.807, 2.05) is 19.1 Å². The number of aromatic nitrogens is 4. The smallest absolute Gasteiger partial charge is 0.177 e. The summed E-state index contributed by atoms with van der Waals surface area (Å²) < 4.78 is 2.47. The first-order valence-electron chi connectivity index (χ1n) is 3.12. The lowest BCUT2D eigenvalue weighted by molar-refractivity contribution is 0.861. The van der Waals surface area contributed by atoms with E-state index in [0.717, 1.165) is 16.1 Å². The molecule has 2 heterocycles. The molecule has 2 aromatic heterocycles. The van der Waals surface area contributed by atoms with Crippen LogP contribution < -0.4 is 0 Å². The molecule has 0 saturated heterocycles. The molecule has 11 heavy (non-hydrogen) atoms. The van der Waals surface area contributed by atoms with Crippen molar-refractivity contribution in [1.29, 1.82) is 0 Å². The molecule has 0 aliphatic carbocycles. The second-order valence-corrected chi connectivity index (χ2v) is 2.99. The molecule has 0 aliphatic rings. The Hall–Kier alpha value is -0.970. The number of rotatable bonds is 0. The van der Waals surface area contributed by atoms with Gasteiger partial charge in [0.25, 0.3) is 0 Å². The van der Waals surface area contributed by atoms with Crippen LogP contribution in [-0.4, -0.2) is 19.8 Å². The second-order valence-electron chi connectivity index (χ2n) is 2.17. The predicted octanol–water partition coefficient (Wildman–Crippen LogP) is 1.20. The van der Waals surface area contributed by atoms with Crippen LogP contribution in [-0.2, 0) is 0 Å². The van der Waals surface area contributed by atoms with Gasteiger partial charge < -0.3 is 0 Å². The van der Waals surface area contributed by atoms with Crippen LogP contribution in [0.3, 0.4) is 0 Å². The summed E-state index contributed by atoms with van der Waals surface area (Å²) in [6.45, 7) is 1.86. The lowest BCUT2D eigenvalue weighted by Crippen LogP contribution is -1.93. The van der Waals surface area contributed by atoms with E-state index in [9.17, 15) is 0 Å². The van der Waals surface area contributed by atoms with E-state index in [2.05, 4.69) is 31.2 Å². The first kappa shape index (κ1) is 6.72. The summed E-state index contributed by atoms with van der Waals surface area (Å²) in [5.74, 6) is 0.793. The van der Waals surface area contributed by atoms with Gasteiger partial charge in [0.15, 0.2) is 11.5 Å². The largest absolute Gasteiger partial charge is 0.197 e. The molecule has 0 bridgehead atoms. The number of nitrogens with zero attached hydrogens (tertiary/aromatic N) is 4. The monoisotopic (exact) mass is 212 g/mol. The Morgan fingerprint density at radius 1 is 1.36 bits per heavy atom. The Balaban J connectivity index is 2.87. The van der Waals surface area contributed by atoms with Crippen LogP contribution in [0.1, 0.15) is 5.82 Å². The van der Waals surface area contributed by atoms with Crippen LogP contribution >= 0.6 is 15.9 Å². The van der Waals surface area contributed by atoms with Gasteiger partial charge >= 0.3 is 0 Å². The van der Waals surface area contributed by atoms with Gasteiger partial charge in [-0.25, -0.2) is 0 Å². The van der Waals surface area contributed by atoms with Crippen molar-refractivity contribution in [3.05, 3.63) is 22.6 Å². The Morgan fingerprint density at radius 3 is 3.00 bits per heavy atom. The SMILES string of the molecule is Cc1nnc2ccc(Br)nn12. The van der Waals surface area contributed by atoms with Crippen LogP contribution in [0.4, 0.5) is 0 Å². The number of halogens is 1. The topological polar surface area (TPSA) is 43.1 Å². The maximum atomic E-state index is 4.14. The molecule has 0 atom stereocenters. The Kier molecular flexibility index (Phi) is 1.38. The average molecular weight is 213 g/mol. The number of fused-ring (bicyclic) bond motifs is 1. The molecule has 0 saturated carbocycles. The lowest BCUT2D eigenvalue weighted by atomic mass is 10.5. The molecule has 0 N–H and O–H groups in total. The molecule has 56 valence electrons. The highest BCUT2D eigenvalue weighted by Crippen LogP contribution is 2.06. The summed E-state index contributed by atoms with van der Waals surface area (Å²) in [6.07, 6.45) is 0. The van der Waals surface area contributed by atoms with Crippen molar-refractivity contribution in [2.24, 2.45) is 0 Å². The van der Waals surface area contributed by atoms with E-state index in [4.69, 9.17) is 0 Å². The molecular weight excluding hydrogens is 208 g/mol. The number of hydrogen-bond donors (Lipinski definition) is 0. The minimum Gasteiger partial charge on any atom is -0.197 e. The second kappa shape index (κ2) is 2.27. The van der Waals surface area contributed by atoms with Gasteiger partial charge in [0, 0.05) is 0 Å². The van der Waals surface area contributed by atoms with Crippen molar-refractivity contribution in [2.75, 3.05) is 0 Å². The quantitative estimate of drug-likeness (QED) is 0.660. The van der Waals surface area contributed by atoms with Crippen molar-refractivity contribution in [3.8, 4) is 0 Å². The molecule has 4 nitrogen and oxygen atoms in total. The highest BCUT2D eigenvalue weighted by molar-refractivity contribution is 9.10. The summed E-state index contributed by atoms with van der Waals surface area (Å²) in [5.41, 5.74) is 0.769. The van der Waals surface area contributed by atoms with Gasteiger partial charge in [0.05, 0.1) is 0 Å². The van der Waals surface area contributed by atoms with Gasteiger partial charge in [-0.05, 0) is 35.0 Å². The summed E-state index contributed by atoms with van der Waals surface area (Å²) in [4.78, 5) is 0. The lowest BCUT2D eigenvalue weighted by Gasteiger charge is -1.91. The van der Waals surface area contributed by atoms with Crippen LogP contribution in [0.5, 0.6) is 0 Å². The van der Waals surface area contributed by atoms with Crippen LogP contribution in [0.15, 0.2) is 16.7 Å². The van der Waals surface area contributed by atoms with Gasteiger partial charge in [-0.2, -0.15) is 9.61 Å². The molecule has 0 unspecified atom stereocenters. The third-order valence-electron chi connectivity index (χ3n) is 1.39. The third kappa shape index (κ3) is 1.01. The average Bonchev–Trinajstić information content (AvgIpc) is 2.33. The zero-order chi connectivity index (χ0) is 7.84. The highest BCUT2D eigenvalue weighted by Gasteiger charge is 2.00. The molecule has 2 aromatic rings. The Morgan fingerprint density at radius 2 is 2.18 bits per heavy atom. The predicted molar refractivity (Wildman–Crippen MR) is 43.2 cm³/mol. The molecule has 0 amide bonds. The van der Waals surface area contributed by atoms with Gasteiger partial charge in [0.2, 0.25) is 0 Å². The number of aryl methyl sites for hydroxylation is 1. The van der Waals surface area contributed by atoms with Gasteiger partial charge in [-0.15, -0.1) is 10.2 Å². The normalized spacial score (nSPS) is 10.7. The standard InChI is InChI=1S/C6H5BrN4/c1-4-8-9-6-3-2-5(7)10-11(4)6/h2-3H,1H3. The molecular formula is C6H5BrN4. The van der Waals surface area contributed by atoms with Crippen LogP contribution in [0.25, 0.3) is 5.65 Å².